The molecule has 0 spiro atoms. The molecule has 1 nitrogen and oxygen atoms in total. The second-order valence-electron chi connectivity index (χ2n) is 5.95. The zero-order valence-electron chi connectivity index (χ0n) is 8.58. The summed E-state index contributed by atoms with van der Waals surface area (Å²) in [7, 11) is 0. The molecule has 0 aliphatic heterocycles. The van der Waals surface area contributed by atoms with Crippen molar-refractivity contribution in [3.8, 4) is 0 Å². The van der Waals surface area contributed by atoms with E-state index in [1.165, 1.54) is 38.5 Å². The summed E-state index contributed by atoms with van der Waals surface area (Å²) < 4.78 is 0. The van der Waals surface area contributed by atoms with Crippen molar-refractivity contribution >= 4 is 15.9 Å². The van der Waals surface area contributed by atoms with Gasteiger partial charge < -0.3 is 5.11 Å². The summed E-state index contributed by atoms with van der Waals surface area (Å²) in [5, 5.41) is 11.0. The lowest BCUT2D eigenvalue weighted by Crippen LogP contribution is -2.52. The van der Waals surface area contributed by atoms with Crippen molar-refractivity contribution in [3.63, 3.8) is 0 Å². The molecule has 0 saturated heterocycles. The molecule has 4 fully saturated rings. The number of aliphatic hydroxyl groups is 1. The molecule has 0 amide bonds. The van der Waals surface area contributed by atoms with E-state index < -0.39 is 0 Å². The minimum atomic E-state index is -0.0871. The topological polar surface area (TPSA) is 20.2 Å². The predicted molar refractivity (Wildman–Crippen MR) is 60.4 cm³/mol. The molecular weight excluding hydrogens is 240 g/mol. The van der Waals surface area contributed by atoms with Gasteiger partial charge in [0.1, 0.15) is 0 Å². The summed E-state index contributed by atoms with van der Waals surface area (Å²) in [5.41, 5.74) is 0.318. The zero-order valence-corrected chi connectivity index (χ0v) is 10.2. The minimum absolute atomic E-state index is 0.0871. The van der Waals surface area contributed by atoms with Gasteiger partial charge in [0, 0.05) is 5.33 Å². The maximum atomic E-state index is 10.2. The Kier molecular flexibility index (Phi) is 2.22. The average Bonchev–Trinajstić information content (AvgIpc) is 2.14. The lowest BCUT2D eigenvalue weighted by Gasteiger charge is -2.58. The van der Waals surface area contributed by atoms with Gasteiger partial charge >= 0.3 is 0 Å². The van der Waals surface area contributed by atoms with Crippen LogP contribution in [-0.2, 0) is 0 Å². The fourth-order valence-electron chi connectivity index (χ4n) is 4.75. The highest BCUT2D eigenvalue weighted by Crippen LogP contribution is 2.61. The molecule has 4 saturated carbocycles. The molecule has 4 rings (SSSR count). The summed E-state index contributed by atoms with van der Waals surface area (Å²) in [6.07, 6.45) is 8.25. The first-order valence-corrected chi connectivity index (χ1v) is 7.08. The Morgan fingerprint density at radius 2 is 1.50 bits per heavy atom. The van der Waals surface area contributed by atoms with Crippen LogP contribution in [0.15, 0.2) is 0 Å². The molecule has 2 heteroatoms. The minimum Gasteiger partial charge on any atom is -0.392 e. The molecule has 1 N–H and O–H groups in total. The maximum absolute atomic E-state index is 10.2. The van der Waals surface area contributed by atoms with E-state index >= 15 is 0 Å². The fourth-order valence-corrected chi connectivity index (χ4v) is 5.44. The van der Waals surface area contributed by atoms with E-state index in [-0.39, 0.29) is 6.10 Å². The Bertz CT molecular complexity index is 203. The van der Waals surface area contributed by atoms with Crippen LogP contribution in [0.5, 0.6) is 0 Å². The Morgan fingerprint density at radius 3 is 1.86 bits per heavy atom. The molecule has 4 aliphatic rings. The first-order chi connectivity index (χ1) is 6.72. The van der Waals surface area contributed by atoms with Crippen molar-refractivity contribution in [1.82, 2.24) is 0 Å². The van der Waals surface area contributed by atoms with Crippen LogP contribution in [0.2, 0.25) is 0 Å². The average molecular weight is 259 g/mol. The van der Waals surface area contributed by atoms with Gasteiger partial charge in [0.2, 0.25) is 0 Å². The highest BCUT2D eigenvalue weighted by atomic mass is 79.9. The zero-order chi connectivity index (χ0) is 9.76. The van der Waals surface area contributed by atoms with E-state index in [1.54, 1.807) is 0 Å². The summed E-state index contributed by atoms with van der Waals surface area (Å²) in [4.78, 5) is 0. The molecule has 1 unspecified atom stereocenters. The van der Waals surface area contributed by atoms with E-state index in [0.717, 1.165) is 23.1 Å². The Balaban J connectivity index is 1.87. The van der Waals surface area contributed by atoms with Crippen molar-refractivity contribution in [2.75, 3.05) is 5.33 Å². The van der Waals surface area contributed by atoms with Crippen molar-refractivity contribution in [3.05, 3.63) is 0 Å². The molecule has 4 aliphatic carbocycles. The molecule has 0 aromatic heterocycles. The van der Waals surface area contributed by atoms with Crippen LogP contribution in [0.1, 0.15) is 38.5 Å². The van der Waals surface area contributed by atoms with Gasteiger partial charge in [-0.15, -0.1) is 0 Å². The van der Waals surface area contributed by atoms with Crippen molar-refractivity contribution in [2.45, 2.75) is 44.6 Å². The van der Waals surface area contributed by atoms with Crippen molar-refractivity contribution < 1.29 is 5.11 Å². The molecule has 80 valence electrons. The summed E-state index contributed by atoms with van der Waals surface area (Å²) in [5.74, 6) is 2.86. The summed E-state index contributed by atoms with van der Waals surface area (Å²) in [6.45, 7) is 0. The Morgan fingerprint density at radius 1 is 1.07 bits per heavy atom. The van der Waals surface area contributed by atoms with Crippen LogP contribution in [0, 0.1) is 23.2 Å². The Labute approximate surface area is 94.4 Å². The second-order valence-corrected chi connectivity index (χ2v) is 6.60. The van der Waals surface area contributed by atoms with Gasteiger partial charge in [0.05, 0.1) is 6.10 Å². The summed E-state index contributed by atoms with van der Waals surface area (Å²) in [6, 6.07) is 0. The van der Waals surface area contributed by atoms with E-state index in [0.29, 0.717) is 5.41 Å². The van der Waals surface area contributed by atoms with E-state index in [9.17, 15) is 5.11 Å². The van der Waals surface area contributed by atoms with Gasteiger partial charge in [0.25, 0.3) is 0 Å². The van der Waals surface area contributed by atoms with Crippen LogP contribution in [0.3, 0.4) is 0 Å². The third-order valence-corrected chi connectivity index (χ3v) is 5.55. The third kappa shape index (κ3) is 1.30. The molecule has 4 bridgehead atoms. The molecule has 0 radical (unpaired) electrons. The number of rotatable bonds is 2. The second kappa shape index (κ2) is 3.21. The maximum Gasteiger partial charge on any atom is 0.0693 e. The fraction of sp³-hybridized carbons (Fsp3) is 1.00. The quantitative estimate of drug-likeness (QED) is 0.756. The lowest BCUT2D eigenvalue weighted by atomic mass is 9.48. The van der Waals surface area contributed by atoms with Gasteiger partial charge in [0.15, 0.2) is 0 Å². The normalized spacial score (nSPS) is 52.3. The standard InChI is InChI=1S/C12H19BrO/c13-7-11(14)12-4-8-1-9(5-12)3-10(2-8)6-12/h8-11,14H,1-7H2. The molecular formula is C12H19BrO. The first kappa shape index (κ1) is 9.65. The van der Waals surface area contributed by atoms with Crippen LogP contribution in [-0.4, -0.2) is 16.5 Å². The van der Waals surface area contributed by atoms with E-state index in [1.807, 2.05) is 0 Å². The van der Waals surface area contributed by atoms with Gasteiger partial charge in [-0.25, -0.2) is 0 Å². The number of alkyl halides is 1. The number of hydrogen-bond acceptors (Lipinski definition) is 1. The number of halogens is 1. The van der Waals surface area contributed by atoms with Gasteiger partial charge in [-0.1, -0.05) is 15.9 Å². The van der Waals surface area contributed by atoms with E-state index in [2.05, 4.69) is 15.9 Å². The van der Waals surface area contributed by atoms with Crippen LogP contribution >= 0.6 is 15.9 Å². The van der Waals surface area contributed by atoms with Crippen LogP contribution in [0.25, 0.3) is 0 Å². The molecule has 0 aromatic carbocycles. The molecule has 0 heterocycles. The lowest BCUT2D eigenvalue weighted by molar-refractivity contribution is -0.111. The van der Waals surface area contributed by atoms with Gasteiger partial charge in [-0.2, -0.15) is 0 Å². The molecule has 1 atom stereocenters. The third-order valence-electron chi connectivity index (χ3n) is 4.94. The van der Waals surface area contributed by atoms with E-state index in [4.69, 9.17) is 0 Å². The highest BCUT2D eigenvalue weighted by Gasteiger charge is 2.53. The largest absolute Gasteiger partial charge is 0.392 e. The Hall–Kier alpha value is 0.440. The van der Waals surface area contributed by atoms with Crippen LogP contribution < -0.4 is 0 Å². The number of hydrogen-bond donors (Lipinski definition) is 1. The van der Waals surface area contributed by atoms with Gasteiger partial charge in [-0.3, -0.25) is 0 Å². The predicted octanol–water partition coefficient (Wildman–Crippen LogP) is 2.96. The number of aliphatic hydroxyl groups excluding tert-OH is 1. The highest BCUT2D eigenvalue weighted by molar-refractivity contribution is 9.09. The summed E-state index contributed by atoms with van der Waals surface area (Å²) >= 11 is 3.46. The molecule has 0 aromatic rings. The first-order valence-electron chi connectivity index (χ1n) is 5.96. The molecule has 14 heavy (non-hydrogen) atoms. The monoisotopic (exact) mass is 258 g/mol. The SMILES string of the molecule is OC(CBr)C12CC3CC(CC(C3)C1)C2. The van der Waals surface area contributed by atoms with Crippen LogP contribution in [0.4, 0.5) is 0 Å². The van der Waals surface area contributed by atoms with Gasteiger partial charge in [-0.05, 0) is 61.7 Å². The smallest absolute Gasteiger partial charge is 0.0693 e. The van der Waals surface area contributed by atoms with Crippen molar-refractivity contribution in [1.29, 1.82) is 0 Å². The van der Waals surface area contributed by atoms with Crippen molar-refractivity contribution in [2.24, 2.45) is 23.2 Å².